The molecule has 1 saturated heterocycles. The number of ether oxygens (including phenoxy) is 2. The fourth-order valence-corrected chi connectivity index (χ4v) is 1.51. The molecule has 0 aromatic carbocycles. The molecule has 1 aliphatic heterocycles. The molecule has 1 fully saturated rings. The predicted molar refractivity (Wildman–Crippen MR) is 61.4 cm³/mol. The lowest BCUT2D eigenvalue weighted by Crippen LogP contribution is -2.37. The summed E-state index contributed by atoms with van der Waals surface area (Å²) in [5.41, 5.74) is 0. The Balaban J connectivity index is 1.93. The molecular weight excluding hydrogens is 208 g/mol. The maximum Gasteiger partial charge on any atom is 0.222 e. The zero-order chi connectivity index (χ0) is 11.8. The summed E-state index contributed by atoms with van der Waals surface area (Å²) in [6.45, 7) is 3.71. The topological polar surface area (TPSA) is 50.8 Å². The van der Waals surface area contributed by atoms with Crippen LogP contribution in [0.4, 0.5) is 0 Å². The molecule has 0 aromatic rings. The van der Waals surface area contributed by atoms with Crippen LogP contribution in [-0.2, 0) is 14.3 Å². The summed E-state index contributed by atoms with van der Waals surface area (Å²) < 4.78 is 10.8. The number of carbonyl (C=O) groups is 1. The first-order valence-corrected chi connectivity index (χ1v) is 5.80. The SMILES string of the molecule is CN(C)C(=O)CCCNCC1COCCO1. The van der Waals surface area contributed by atoms with Crippen molar-refractivity contribution in [3.63, 3.8) is 0 Å². The van der Waals surface area contributed by atoms with Crippen molar-refractivity contribution in [1.82, 2.24) is 10.2 Å². The summed E-state index contributed by atoms with van der Waals surface area (Å²) in [5.74, 6) is 0.180. The van der Waals surface area contributed by atoms with E-state index >= 15 is 0 Å². The first kappa shape index (κ1) is 13.4. The fourth-order valence-electron chi connectivity index (χ4n) is 1.51. The third-order valence-electron chi connectivity index (χ3n) is 2.50. The zero-order valence-electron chi connectivity index (χ0n) is 10.2. The highest BCUT2D eigenvalue weighted by atomic mass is 16.6. The van der Waals surface area contributed by atoms with Crippen molar-refractivity contribution in [2.24, 2.45) is 0 Å². The lowest BCUT2D eigenvalue weighted by molar-refractivity contribution is -0.128. The van der Waals surface area contributed by atoms with Crippen LogP contribution in [0.25, 0.3) is 0 Å². The monoisotopic (exact) mass is 230 g/mol. The molecule has 5 heteroatoms. The van der Waals surface area contributed by atoms with E-state index in [4.69, 9.17) is 9.47 Å². The second-order valence-corrected chi connectivity index (χ2v) is 4.16. The van der Waals surface area contributed by atoms with Gasteiger partial charge in [-0.25, -0.2) is 0 Å². The molecule has 0 saturated carbocycles. The molecule has 0 radical (unpaired) electrons. The molecule has 0 aliphatic carbocycles. The molecule has 1 N–H and O–H groups in total. The smallest absolute Gasteiger partial charge is 0.222 e. The molecule has 1 atom stereocenters. The second-order valence-electron chi connectivity index (χ2n) is 4.16. The molecule has 0 aromatic heterocycles. The minimum Gasteiger partial charge on any atom is -0.376 e. The minimum absolute atomic E-state index is 0.165. The van der Waals surface area contributed by atoms with Crippen molar-refractivity contribution < 1.29 is 14.3 Å². The number of carbonyl (C=O) groups excluding carboxylic acids is 1. The van der Waals surface area contributed by atoms with Crippen LogP contribution in [0.1, 0.15) is 12.8 Å². The molecule has 0 spiro atoms. The Morgan fingerprint density at radius 2 is 2.25 bits per heavy atom. The van der Waals surface area contributed by atoms with Crippen LogP contribution in [0, 0.1) is 0 Å². The molecule has 1 unspecified atom stereocenters. The number of nitrogens with zero attached hydrogens (tertiary/aromatic N) is 1. The molecule has 1 rings (SSSR count). The normalized spacial score (nSPS) is 20.8. The third-order valence-corrected chi connectivity index (χ3v) is 2.50. The van der Waals surface area contributed by atoms with Gasteiger partial charge in [0.25, 0.3) is 0 Å². The molecule has 1 heterocycles. The quantitative estimate of drug-likeness (QED) is 0.645. The number of hydrogen-bond donors (Lipinski definition) is 1. The molecule has 1 aliphatic rings. The van der Waals surface area contributed by atoms with Gasteiger partial charge in [0.1, 0.15) is 0 Å². The van der Waals surface area contributed by atoms with Gasteiger partial charge in [-0.05, 0) is 13.0 Å². The molecule has 94 valence electrons. The molecule has 16 heavy (non-hydrogen) atoms. The van der Waals surface area contributed by atoms with E-state index in [1.54, 1.807) is 19.0 Å². The highest BCUT2D eigenvalue weighted by Gasteiger charge is 2.13. The van der Waals surface area contributed by atoms with Crippen LogP contribution >= 0.6 is 0 Å². The molecule has 0 bridgehead atoms. The van der Waals surface area contributed by atoms with E-state index < -0.39 is 0 Å². The van der Waals surface area contributed by atoms with Gasteiger partial charge in [0.15, 0.2) is 0 Å². The van der Waals surface area contributed by atoms with Crippen LogP contribution in [0.15, 0.2) is 0 Å². The van der Waals surface area contributed by atoms with E-state index in [9.17, 15) is 4.79 Å². The van der Waals surface area contributed by atoms with E-state index in [0.29, 0.717) is 26.2 Å². The lowest BCUT2D eigenvalue weighted by Gasteiger charge is -2.23. The maximum atomic E-state index is 11.3. The van der Waals surface area contributed by atoms with E-state index in [1.807, 2.05) is 0 Å². The largest absolute Gasteiger partial charge is 0.376 e. The van der Waals surface area contributed by atoms with Gasteiger partial charge in [-0.15, -0.1) is 0 Å². The van der Waals surface area contributed by atoms with Gasteiger partial charge in [0, 0.05) is 27.1 Å². The summed E-state index contributed by atoms with van der Waals surface area (Å²) in [6, 6.07) is 0. The van der Waals surface area contributed by atoms with Crippen LogP contribution in [-0.4, -0.2) is 63.9 Å². The summed E-state index contributed by atoms with van der Waals surface area (Å²) in [6.07, 6.45) is 1.63. The van der Waals surface area contributed by atoms with Gasteiger partial charge < -0.3 is 19.7 Å². The summed E-state index contributed by atoms with van der Waals surface area (Å²) in [5, 5.41) is 3.27. The Labute approximate surface area is 97.1 Å². The van der Waals surface area contributed by atoms with Gasteiger partial charge in [0.2, 0.25) is 5.91 Å². The zero-order valence-corrected chi connectivity index (χ0v) is 10.2. The Bertz CT molecular complexity index is 203. The average molecular weight is 230 g/mol. The summed E-state index contributed by atoms with van der Waals surface area (Å²) in [4.78, 5) is 12.9. The molecule has 5 nitrogen and oxygen atoms in total. The van der Waals surface area contributed by atoms with Crippen molar-refractivity contribution in [3.8, 4) is 0 Å². The third kappa shape index (κ3) is 5.44. The van der Waals surface area contributed by atoms with E-state index in [2.05, 4.69) is 5.32 Å². The highest BCUT2D eigenvalue weighted by molar-refractivity contribution is 5.75. The van der Waals surface area contributed by atoms with E-state index in [-0.39, 0.29) is 12.0 Å². The van der Waals surface area contributed by atoms with Crippen LogP contribution < -0.4 is 5.32 Å². The summed E-state index contributed by atoms with van der Waals surface area (Å²) in [7, 11) is 3.56. The highest BCUT2D eigenvalue weighted by Crippen LogP contribution is 1.99. The van der Waals surface area contributed by atoms with Gasteiger partial charge >= 0.3 is 0 Å². The number of hydrogen-bond acceptors (Lipinski definition) is 4. The van der Waals surface area contributed by atoms with Crippen molar-refractivity contribution >= 4 is 5.91 Å². The Hall–Kier alpha value is -0.650. The average Bonchev–Trinajstić information content (AvgIpc) is 2.29. The standard InChI is InChI=1S/C11H22N2O3/c1-13(2)11(14)4-3-5-12-8-10-9-15-6-7-16-10/h10,12H,3-9H2,1-2H3. The van der Waals surface area contributed by atoms with E-state index in [1.165, 1.54) is 0 Å². The Morgan fingerprint density at radius 3 is 2.88 bits per heavy atom. The Morgan fingerprint density at radius 1 is 1.44 bits per heavy atom. The Kier molecular flexibility index (Phi) is 6.37. The minimum atomic E-state index is 0.165. The van der Waals surface area contributed by atoms with Crippen LogP contribution in [0.3, 0.4) is 0 Å². The van der Waals surface area contributed by atoms with Crippen molar-refractivity contribution in [2.45, 2.75) is 18.9 Å². The first-order chi connectivity index (χ1) is 7.70. The van der Waals surface area contributed by atoms with Gasteiger partial charge in [-0.3, -0.25) is 4.79 Å². The van der Waals surface area contributed by atoms with E-state index in [0.717, 1.165) is 19.5 Å². The maximum absolute atomic E-state index is 11.3. The van der Waals surface area contributed by atoms with Gasteiger partial charge in [-0.2, -0.15) is 0 Å². The van der Waals surface area contributed by atoms with Crippen LogP contribution in [0.2, 0.25) is 0 Å². The number of amides is 1. The predicted octanol–water partition coefficient (Wildman–Crippen LogP) is -0.140. The fraction of sp³-hybridized carbons (Fsp3) is 0.909. The van der Waals surface area contributed by atoms with Crippen molar-refractivity contribution in [3.05, 3.63) is 0 Å². The summed E-state index contributed by atoms with van der Waals surface area (Å²) >= 11 is 0. The van der Waals surface area contributed by atoms with Gasteiger partial charge in [0.05, 0.1) is 25.9 Å². The molecule has 1 amide bonds. The van der Waals surface area contributed by atoms with Gasteiger partial charge in [-0.1, -0.05) is 0 Å². The number of rotatable bonds is 6. The first-order valence-electron chi connectivity index (χ1n) is 5.80. The van der Waals surface area contributed by atoms with Crippen LogP contribution in [0.5, 0.6) is 0 Å². The molecular formula is C11H22N2O3. The number of nitrogens with one attached hydrogen (secondary N) is 1. The van der Waals surface area contributed by atoms with Crippen molar-refractivity contribution in [2.75, 3.05) is 47.0 Å². The lowest BCUT2D eigenvalue weighted by atomic mass is 10.2. The van der Waals surface area contributed by atoms with Crippen molar-refractivity contribution in [1.29, 1.82) is 0 Å². The second kappa shape index (κ2) is 7.60.